The Balaban J connectivity index is 1.65. The number of benzene rings is 3. The second kappa shape index (κ2) is 15.8. The van der Waals surface area contributed by atoms with Gasteiger partial charge in [0.25, 0.3) is 30.4 Å². The smallest absolute Gasteiger partial charge is 0.316 e. The summed E-state index contributed by atoms with van der Waals surface area (Å²) in [6, 6.07) is 4.97. The number of aromatic nitrogens is 3. The van der Waals surface area contributed by atoms with Gasteiger partial charge >= 0.3 is 12.1 Å². The molecule has 22 nitrogen and oxygen atoms in total. The third-order valence-corrected chi connectivity index (χ3v) is 10.4. The number of urea groups is 1. The fraction of sp³-hybridized carbons (Fsp3) is 0.154. The first kappa shape index (κ1) is 40.5. The number of hydrogen-bond donors (Lipinski definition) is 7. The summed E-state index contributed by atoms with van der Waals surface area (Å²) in [5.41, 5.74) is 4.20. The summed E-state index contributed by atoms with van der Waals surface area (Å²) in [4.78, 5) is 19.7. The van der Waals surface area contributed by atoms with Gasteiger partial charge in [-0.1, -0.05) is 6.58 Å². The molecular formula is C26H26FN9O13S4. The first-order valence-electron chi connectivity index (χ1n) is 14.1. The highest BCUT2D eigenvalue weighted by Gasteiger charge is 2.25. The Morgan fingerprint density at radius 1 is 0.849 bits per heavy atom. The van der Waals surface area contributed by atoms with Crippen LogP contribution in [0.5, 0.6) is 0 Å². The van der Waals surface area contributed by atoms with E-state index in [-0.39, 0.29) is 54.5 Å². The molecule has 3 aromatic carbocycles. The van der Waals surface area contributed by atoms with Gasteiger partial charge in [-0.2, -0.15) is 44.6 Å². The van der Waals surface area contributed by atoms with Crippen LogP contribution >= 0.6 is 0 Å². The molecule has 4 aromatic rings. The second-order valence-electron chi connectivity index (χ2n) is 10.3. The first-order chi connectivity index (χ1) is 24.6. The van der Waals surface area contributed by atoms with Gasteiger partial charge in [-0.3, -0.25) is 13.7 Å². The molecule has 1 heterocycles. The van der Waals surface area contributed by atoms with Crippen molar-refractivity contribution in [2.45, 2.75) is 14.7 Å². The summed E-state index contributed by atoms with van der Waals surface area (Å²) < 4.78 is 143. The number of sulfone groups is 1. The number of nitrogens with one attached hydrogen (secondary N) is 3. The van der Waals surface area contributed by atoms with Crippen molar-refractivity contribution in [3.8, 4) is 0 Å². The lowest BCUT2D eigenvalue weighted by molar-refractivity contribution is 0.159. The Labute approximate surface area is 299 Å². The number of nitrogens with zero attached hydrogens (tertiary/aromatic N) is 5. The van der Waals surface area contributed by atoms with E-state index in [0.29, 0.717) is 18.2 Å². The number of ether oxygens (including phenoxy) is 1. The van der Waals surface area contributed by atoms with Crippen molar-refractivity contribution in [2.24, 2.45) is 16.0 Å². The fourth-order valence-electron chi connectivity index (χ4n) is 4.22. The summed E-state index contributed by atoms with van der Waals surface area (Å²) in [6.45, 7) is 3.12. The molecule has 2 amide bonds. The Morgan fingerprint density at radius 3 is 2.13 bits per heavy atom. The molecule has 0 saturated carbocycles. The van der Waals surface area contributed by atoms with Crippen LogP contribution in [0.1, 0.15) is 0 Å². The van der Waals surface area contributed by atoms with Crippen molar-refractivity contribution in [1.29, 1.82) is 0 Å². The molecule has 8 N–H and O–H groups in total. The quantitative estimate of drug-likeness (QED) is 0.0485. The standard InChI is InChI=1S/C26H26FN9O13S4/c1-2-50(38,39)8-7-49-6-5-29-25-32-23(27)33-26(34-25)30-15-3-4-18(19(11-15)31-24(28)37)35-36-20-13-17-14(10-22(20)53(46,47)48)9-16(51(40,41)42)12-21(17)52(43,44)45/h2-4,9-13H,1,5-8H2,(H3,28,31,37)(H,40,41,42)(H,43,44,45)(H,46,47,48)(H2,29,30,32,33,34)/b36-35+. The molecule has 0 saturated heterocycles. The number of carbonyl (C=O) groups excluding carboxylic acids is 1. The number of rotatable bonds is 16. The number of hydrogen-bond acceptors (Lipinski definition) is 17. The molecule has 0 aliphatic rings. The summed E-state index contributed by atoms with van der Waals surface area (Å²) >= 11 is 0. The maximum atomic E-state index is 14.2. The van der Waals surface area contributed by atoms with E-state index in [9.17, 15) is 56.5 Å². The molecule has 284 valence electrons. The SMILES string of the molecule is C=CS(=O)(=O)CCOCCNc1nc(F)nc(Nc2ccc(/N=N/c3cc4c(S(=O)(=O)O)cc(S(=O)(=O)O)cc4cc3S(=O)(=O)O)c(NC(N)=O)c2)n1. The molecule has 27 heteroatoms. The van der Waals surface area contributed by atoms with E-state index in [2.05, 4.69) is 47.7 Å². The highest BCUT2D eigenvalue weighted by molar-refractivity contribution is 7.94. The monoisotopic (exact) mass is 819 g/mol. The van der Waals surface area contributed by atoms with E-state index in [1.807, 2.05) is 0 Å². The van der Waals surface area contributed by atoms with Gasteiger partial charge in [-0.15, -0.1) is 10.2 Å². The number of nitrogens with two attached hydrogens (primary N) is 1. The van der Waals surface area contributed by atoms with Crippen LogP contribution < -0.4 is 21.7 Å². The maximum absolute atomic E-state index is 14.2. The number of carbonyl (C=O) groups is 1. The number of azo groups is 1. The molecule has 0 fully saturated rings. The van der Waals surface area contributed by atoms with Crippen LogP contribution in [0.4, 0.5) is 43.8 Å². The lowest BCUT2D eigenvalue weighted by Gasteiger charge is -2.12. The number of primary amides is 1. The highest BCUT2D eigenvalue weighted by atomic mass is 32.2. The Kier molecular flexibility index (Phi) is 12.0. The molecule has 53 heavy (non-hydrogen) atoms. The molecule has 0 spiro atoms. The summed E-state index contributed by atoms with van der Waals surface area (Å²) in [5, 5.41) is 15.0. The van der Waals surface area contributed by atoms with E-state index < -0.39 is 83.4 Å². The van der Waals surface area contributed by atoms with Crippen LogP contribution in [0.3, 0.4) is 0 Å². The van der Waals surface area contributed by atoms with E-state index in [4.69, 9.17) is 10.5 Å². The van der Waals surface area contributed by atoms with E-state index >= 15 is 0 Å². The van der Waals surface area contributed by atoms with Gasteiger partial charge < -0.3 is 26.4 Å². The minimum atomic E-state index is -5.21. The molecule has 4 rings (SSSR count). The van der Waals surface area contributed by atoms with E-state index in [0.717, 1.165) is 11.5 Å². The van der Waals surface area contributed by atoms with Crippen molar-refractivity contribution in [1.82, 2.24) is 15.0 Å². The van der Waals surface area contributed by atoms with Gasteiger partial charge in [-0.05, 0) is 47.9 Å². The van der Waals surface area contributed by atoms with Crippen LogP contribution in [0, 0.1) is 6.08 Å². The summed E-state index contributed by atoms with van der Waals surface area (Å²) in [5.74, 6) is -0.856. The highest BCUT2D eigenvalue weighted by Crippen LogP contribution is 2.37. The van der Waals surface area contributed by atoms with Crippen LogP contribution in [0.2, 0.25) is 0 Å². The largest absolute Gasteiger partial charge is 0.379 e. The lowest BCUT2D eigenvalue weighted by atomic mass is 10.1. The summed E-state index contributed by atoms with van der Waals surface area (Å²) in [6.07, 6.45) is -1.21. The van der Waals surface area contributed by atoms with Crippen molar-refractivity contribution < 1.29 is 61.3 Å². The van der Waals surface area contributed by atoms with Gasteiger partial charge in [0.2, 0.25) is 11.9 Å². The van der Waals surface area contributed by atoms with Crippen LogP contribution in [-0.4, -0.2) is 93.8 Å². The molecule has 1 aromatic heterocycles. The summed E-state index contributed by atoms with van der Waals surface area (Å²) in [7, 11) is -18.9. The van der Waals surface area contributed by atoms with Crippen molar-refractivity contribution in [2.75, 3.05) is 41.5 Å². The average molecular weight is 820 g/mol. The van der Waals surface area contributed by atoms with Crippen LogP contribution in [0.25, 0.3) is 10.8 Å². The first-order valence-corrected chi connectivity index (χ1v) is 20.1. The normalized spacial score (nSPS) is 12.5. The topological polar surface area (TPSA) is 349 Å². The molecule has 0 bridgehead atoms. The second-order valence-corrected chi connectivity index (χ2v) is 16.5. The number of halogens is 1. The van der Waals surface area contributed by atoms with Crippen molar-refractivity contribution in [3.05, 3.63) is 60.5 Å². The maximum Gasteiger partial charge on any atom is 0.316 e. The van der Waals surface area contributed by atoms with Gasteiger partial charge in [0.15, 0.2) is 9.84 Å². The average Bonchev–Trinajstić information content (AvgIpc) is 3.03. The third kappa shape index (κ3) is 11.1. The van der Waals surface area contributed by atoms with E-state index in [1.165, 1.54) is 18.2 Å². The predicted octanol–water partition coefficient (Wildman–Crippen LogP) is 2.54. The van der Waals surface area contributed by atoms with Gasteiger partial charge in [0, 0.05) is 23.0 Å². The van der Waals surface area contributed by atoms with Gasteiger partial charge in [0.05, 0.1) is 29.5 Å². The zero-order valence-corrected chi connectivity index (χ0v) is 29.7. The number of amides is 2. The zero-order chi connectivity index (χ0) is 39.4. The van der Waals surface area contributed by atoms with Gasteiger partial charge in [-0.25, -0.2) is 13.2 Å². The third-order valence-electron chi connectivity index (χ3n) is 6.50. The molecular weight excluding hydrogens is 794 g/mol. The van der Waals surface area contributed by atoms with Crippen molar-refractivity contribution in [3.63, 3.8) is 0 Å². The van der Waals surface area contributed by atoms with Gasteiger partial charge in [0.1, 0.15) is 21.2 Å². The number of anilines is 4. The number of fused-ring (bicyclic) bond motifs is 1. The lowest BCUT2D eigenvalue weighted by Crippen LogP contribution is -2.19. The van der Waals surface area contributed by atoms with Crippen molar-refractivity contribution >= 4 is 91.6 Å². The molecule has 0 radical (unpaired) electrons. The Hall–Kier alpha value is -5.29. The zero-order valence-electron chi connectivity index (χ0n) is 26.4. The Morgan fingerprint density at radius 2 is 1.51 bits per heavy atom. The molecule has 0 aliphatic carbocycles. The molecule has 0 atom stereocenters. The van der Waals surface area contributed by atoms with Crippen LogP contribution in [-0.2, 0) is 44.9 Å². The minimum Gasteiger partial charge on any atom is -0.379 e. The van der Waals surface area contributed by atoms with E-state index in [1.54, 1.807) is 0 Å². The molecule has 0 aliphatic heterocycles. The predicted molar refractivity (Wildman–Crippen MR) is 184 cm³/mol. The van der Waals surface area contributed by atoms with Crippen LogP contribution in [0.15, 0.2) is 79.4 Å². The fourth-order valence-corrected chi connectivity index (χ4v) is 6.72. The Bertz CT molecular complexity index is 2590. The minimum absolute atomic E-state index is 0.00247. The molecule has 0 unspecified atom stereocenters.